The van der Waals surface area contributed by atoms with Crippen molar-refractivity contribution in [3.8, 4) is 5.75 Å². The lowest BCUT2D eigenvalue weighted by molar-refractivity contribution is 0.397. The van der Waals surface area contributed by atoms with Crippen LogP contribution in [-0.4, -0.2) is 26.9 Å². The van der Waals surface area contributed by atoms with Gasteiger partial charge in [0.15, 0.2) is 0 Å². The molecule has 6 heteroatoms. The summed E-state index contributed by atoms with van der Waals surface area (Å²) in [6, 6.07) is 11.6. The molecule has 0 aliphatic carbocycles. The van der Waals surface area contributed by atoms with Gasteiger partial charge in [-0.15, -0.1) is 0 Å². The van der Waals surface area contributed by atoms with E-state index >= 15 is 0 Å². The molecule has 0 radical (unpaired) electrons. The van der Waals surface area contributed by atoms with E-state index in [1.807, 2.05) is 0 Å². The molecule has 0 spiro atoms. The van der Waals surface area contributed by atoms with Crippen LogP contribution >= 0.6 is 0 Å². The molecule has 0 saturated carbocycles. The first-order valence-corrected chi connectivity index (χ1v) is 8.18. The first kappa shape index (κ1) is 16.5. The fourth-order valence-electron chi connectivity index (χ4n) is 2.07. The van der Waals surface area contributed by atoms with Crippen LogP contribution in [0.3, 0.4) is 0 Å². The van der Waals surface area contributed by atoms with Gasteiger partial charge in [-0.05, 0) is 48.9 Å². The fourth-order valence-corrected chi connectivity index (χ4v) is 3.42. The topological polar surface area (TPSA) is 46.6 Å². The molecule has 118 valence electrons. The van der Waals surface area contributed by atoms with E-state index in [0.29, 0.717) is 5.75 Å². The summed E-state index contributed by atoms with van der Waals surface area (Å²) in [6.45, 7) is 1.76. The molecule has 2 aromatic rings. The Bertz CT molecular complexity index is 727. The summed E-state index contributed by atoms with van der Waals surface area (Å²) in [5, 5.41) is 0. The first-order valence-electron chi connectivity index (χ1n) is 6.74. The second kappa shape index (κ2) is 6.46. The minimum Gasteiger partial charge on any atom is -0.497 e. The Morgan fingerprint density at radius 1 is 1.05 bits per heavy atom. The van der Waals surface area contributed by atoms with Crippen LogP contribution in [0.25, 0.3) is 0 Å². The van der Waals surface area contributed by atoms with E-state index in [4.69, 9.17) is 4.74 Å². The molecular formula is C16H18FNO3S. The van der Waals surface area contributed by atoms with Crippen molar-refractivity contribution in [3.05, 3.63) is 59.9 Å². The number of hydrogen-bond donors (Lipinski definition) is 0. The van der Waals surface area contributed by atoms with Crippen molar-refractivity contribution >= 4 is 10.0 Å². The number of hydrogen-bond acceptors (Lipinski definition) is 3. The predicted molar refractivity (Wildman–Crippen MR) is 82.8 cm³/mol. The molecule has 0 unspecified atom stereocenters. The SMILES string of the molecule is COc1ccc(S(=O)(=O)N(C)[C@H](C)c2ccc(F)cc2)cc1. The van der Waals surface area contributed by atoms with Gasteiger partial charge in [-0.25, -0.2) is 12.8 Å². The van der Waals surface area contributed by atoms with Gasteiger partial charge in [-0.3, -0.25) is 0 Å². The second-order valence-electron chi connectivity index (χ2n) is 4.92. The lowest BCUT2D eigenvalue weighted by Crippen LogP contribution is -2.29. The molecule has 2 aromatic carbocycles. The fraction of sp³-hybridized carbons (Fsp3) is 0.250. The van der Waals surface area contributed by atoms with E-state index in [9.17, 15) is 12.8 Å². The van der Waals surface area contributed by atoms with Crippen LogP contribution in [0.1, 0.15) is 18.5 Å². The molecule has 1 atom stereocenters. The second-order valence-corrected chi connectivity index (χ2v) is 6.92. The van der Waals surface area contributed by atoms with Crippen molar-refractivity contribution in [3.63, 3.8) is 0 Å². The molecule has 0 heterocycles. The third kappa shape index (κ3) is 3.28. The Hall–Kier alpha value is -1.92. The average molecular weight is 323 g/mol. The van der Waals surface area contributed by atoms with Crippen molar-refractivity contribution < 1.29 is 17.5 Å². The molecule has 0 aliphatic heterocycles. The zero-order chi connectivity index (χ0) is 16.3. The monoisotopic (exact) mass is 323 g/mol. The number of ether oxygens (including phenoxy) is 1. The number of methoxy groups -OCH3 is 1. The minimum atomic E-state index is -3.64. The number of sulfonamides is 1. The van der Waals surface area contributed by atoms with Crippen LogP contribution < -0.4 is 4.74 Å². The molecule has 0 fully saturated rings. The summed E-state index contributed by atoms with van der Waals surface area (Å²) >= 11 is 0. The van der Waals surface area contributed by atoms with Crippen molar-refractivity contribution in [2.24, 2.45) is 0 Å². The van der Waals surface area contributed by atoms with Gasteiger partial charge in [0.25, 0.3) is 0 Å². The predicted octanol–water partition coefficient (Wildman–Crippen LogP) is 3.22. The Kier molecular flexibility index (Phi) is 4.83. The Morgan fingerprint density at radius 2 is 1.59 bits per heavy atom. The molecule has 0 aliphatic rings. The lowest BCUT2D eigenvalue weighted by Gasteiger charge is -2.24. The van der Waals surface area contributed by atoms with E-state index in [1.54, 1.807) is 31.2 Å². The van der Waals surface area contributed by atoms with Crippen LogP contribution in [0, 0.1) is 5.82 Å². The van der Waals surface area contributed by atoms with E-state index < -0.39 is 16.1 Å². The zero-order valence-corrected chi connectivity index (χ0v) is 13.5. The maximum atomic E-state index is 13.0. The van der Waals surface area contributed by atoms with Crippen molar-refractivity contribution in [1.29, 1.82) is 0 Å². The summed E-state index contributed by atoms with van der Waals surface area (Å²) in [5.74, 6) is 0.241. The van der Waals surface area contributed by atoms with Gasteiger partial charge in [-0.2, -0.15) is 4.31 Å². The third-order valence-electron chi connectivity index (χ3n) is 3.63. The molecule has 4 nitrogen and oxygen atoms in total. The van der Waals surface area contributed by atoms with Crippen molar-refractivity contribution in [1.82, 2.24) is 4.31 Å². The standard InChI is InChI=1S/C16H18FNO3S/c1-12(13-4-6-14(17)7-5-13)18(2)22(19,20)16-10-8-15(21-3)9-11-16/h4-12H,1-3H3/t12-/m1/s1. The van der Waals surface area contributed by atoms with Gasteiger partial charge in [0, 0.05) is 13.1 Å². The van der Waals surface area contributed by atoms with Crippen molar-refractivity contribution in [2.75, 3.05) is 14.2 Å². The summed E-state index contributed by atoms with van der Waals surface area (Å²) < 4.78 is 44.5. The Labute approximate surface area is 130 Å². The van der Waals surface area contributed by atoms with Crippen LogP contribution in [-0.2, 0) is 10.0 Å². The highest BCUT2D eigenvalue weighted by Gasteiger charge is 2.26. The van der Waals surface area contributed by atoms with Gasteiger partial charge < -0.3 is 4.74 Å². The molecule has 0 amide bonds. The molecular weight excluding hydrogens is 305 g/mol. The molecule has 0 saturated heterocycles. The van der Waals surface area contributed by atoms with Crippen LogP contribution in [0.2, 0.25) is 0 Å². The van der Waals surface area contributed by atoms with Crippen LogP contribution in [0.5, 0.6) is 5.75 Å². The van der Waals surface area contributed by atoms with Gasteiger partial charge in [-0.1, -0.05) is 12.1 Å². The summed E-state index contributed by atoms with van der Waals surface area (Å²) in [5.41, 5.74) is 0.723. The van der Waals surface area contributed by atoms with E-state index in [-0.39, 0.29) is 10.7 Å². The Morgan fingerprint density at radius 3 is 2.09 bits per heavy atom. The smallest absolute Gasteiger partial charge is 0.243 e. The summed E-state index contributed by atoms with van der Waals surface area (Å²) in [7, 11) is -0.610. The minimum absolute atomic E-state index is 0.185. The van der Waals surface area contributed by atoms with Crippen LogP contribution in [0.4, 0.5) is 4.39 Å². The quantitative estimate of drug-likeness (QED) is 0.849. The van der Waals surface area contributed by atoms with Gasteiger partial charge in [0.05, 0.1) is 12.0 Å². The molecule has 2 rings (SSSR count). The summed E-state index contributed by atoms with van der Waals surface area (Å²) in [6.07, 6.45) is 0. The number of benzene rings is 2. The largest absolute Gasteiger partial charge is 0.497 e. The van der Waals surface area contributed by atoms with E-state index in [2.05, 4.69) is 0 Å². The highest BCUT2D eigenvalue weighted by molar-refractivity contribution is 7.89. The zero-order valence-electron chi connectivity index (χ0n) is 12.7. The number of nitrogens with zero attached hydrogens (tertiary/aromatic N) is 1. The molecule has 22 heavy (non-hydrogen) atoms. The average Bonchev–Trinajstić information content (AvgIpc) is 2.54. The van der Waals surface area contributed by atoms with Gasteiger partial charge >= 0.3 is 0 Å². The molecule has 0 N–H and O–H groups in total. The molecule has 0 bridgehead atoms. The Balaban J connectivity index is 2.29. The van der Waals surface area contributed by atoms with Crippen LogP contribution in [0.15, 0.2) is 53.4 Å². The van der Waals surface area contributed by atoms with E-state index in [1.165, 1.54) is 42.7 Å². The van der Waals surface area contributed by atoms with Crippen molar-refractivity contribution in [2.45, 2.75) is 17.9 Å². The molecule has 0 aromatic heterocycles. The highest BCUT2D eigenvalue weighted by atomic mass is 32.2. The highest BCUT2D eigenvalue weighted by Crippen LogP contribution is 2.26. The number of rotatable bonds is 5. The maximum absolute atomic E-state index is 13.0. The maximum Gasteiger partial charge on any atom is 0.243 e. The summed E-state index contributed by atoms with van der Waals surface area (Å²) in [4.78, 5) is 0.185. The third-order valence-corrected chi connectivity index (χ3v) is 5.58. The normalized spacial score (nSPS) is 13.1. The van der Waals surface area contributed by atoms with Gasteiger partial charge in [0.2, 0.25) is 10.0 Å². The lowest BCUT2D eigenvalue weighted by atomic mass is 10.1. The van der Waals surface area contributed by atoms with Gasteiger partial charge in [0.1, 0.15) is 11.6 Å². The van der Waals surface area contributed by atoms with E-state index in [0.717, 1.165) is 5.56 Å². The first-order chi connectivity index (χ1) is 10.4. The number of halogens is 1.